The first-order valence-corrected chi connectivity index (χ1v) is 9.14. The van der Waals surface area contributed by atoms with Crippen LogP contribution in [0.15, 0.2) is 35.3 Å². The predicted octanol–water partition coefficient (Wildman–Crippen LogP) is 1.12. The highest BCUT2D eigenvalue weighted by Crippen LogP contribution is 2.49. The summed E-state index contributed by atoms with van der Waals surface area (Å²) in [7, 11) is 3.54. The number of nitrogens with zero attached hydrogens (tertiary/aromatic N) is 4. The molecule has 0 aliphatic carbocycles. The highest BCUT2D eigenvalue weighted by atomic mass is 16.5. The Bertz CT molecular complexity index is 831. The van der Waals surface area contributed by atoms with Crippen molar-refractivity contribution in [2.24, 2.45) is 12.5 Å². The summed E-state index contributed by atoms with van der Waals surface area (Å²) in [6.45, 7) is 2.59. The van der Waals surface area contributed by atoms with Crippen LogP contribution in [0, 0.1) is 5.41 Å². The second kappa shape index (κ2) is 6.84. The fraction of sp³-hybridized carbons (Fsp3) is 0.526. The second-order valence-corrected chi connectivity index (χ2v) is 7.37. The number of methoxy groups -OCH3 is 1. The maximum absolute atomic E-state index is 13.4. The van der Waals surface area contributed by atoms with Crippen LogP contribution in [0.1, 0.15) is 28.6 Å². The number of amides is 2. The van der Waals surface area contributed by atoms with E-state index in [0.29, 0.717) is 45.0 Å². The van der Waals surface area contributed by atoms with E-state index in [1.54, 1.807) is 30.5 Å². The van der Waals surface area contributed by atoms with E-state index in [4.69, 9.17) is 9.15 Å². The second-order valence-electron chi connectivity index (χ2n) is 7.37. The summed E-state index contributed by atoms with van der Waals surface area (Å²) in [5.41, 5.74) is 0.221. The Labute approximate surface area is 157 Å². The van der Waals surface area contributed by atoms with Crippen molar-refractivity contribution < 1.29 is 18.7 Å². The molecule has 144 valence electrons. The van der Waals surface area contributed by atoms with Gasteiger partial charge in [-0.2, -0.15) is 0 Å². The molecule has 2 aromatic heterocycles. The predicted molar refractivity (Wildman–Crippen MR) is 96.1 cm³/mol. The maximum Gasteiger partial charge on any atom is 0.289 e. The Hall–Kier alpha value is -2.61. The zero-order valence-corrected chi connectivity index (χ0v) is 15.6. The van der Waals surface area contributed by atoms with Crippen LogP contribution < -0.4 is 0 Å². The quantitative estimate of drug-likeness (QED) is 0.786. The van der Waals surface area contributed by atoms with E-state index in [9.17, 15) is 9.59 Å². The van der Waals surface area contributed by atoms with Crippen LogP contribution in [-0.4, -0.2) is 71.1 Å². The molecular weight excluding hydrogens is 348 g/mol. The lowest BCUT2D eigenvalue weighted by molar-refractivity contribution is -0.136. The van der Waals surface area contributed by atoms with Gasteiger partial charge in [0.2, 0.25) is 5.91 Å². The van der Waals surface area contributed by atoms with Gasteiger partial charge in [-0.25, -0.2) is 4.98 Å². The number of ether oxygens (including phenoxy) is 1. The molecule has 8 nitrogen and oxygen atoms in total. The average Bonchev–Trinajstić information content (AvgIpc) is 3.43. The molecule has 0 N–H and O–H groups in total. The first kappa shape index (κ1) is 17.8. The van der Waals surface area contributed by atoms with Gasteiger partial charge in [-0.05, 0) is 18.6 Å². The van der Waals surface area contributed by atoms with Gasteiger partial charge in [0.1, 0.15) is 0 Å². The van der Waals surface area contributed by atoms with E-state index in [1.807, 2.05) is 22.7 Å². The fourth-order valence-corrected chi connectivity index (χ4v) is 4.35. The Kier molecular flexibility index (Phi) is 4.51. The summed E-state index contributed by atoms with van der Waals surface area (Å²) >= 11 is 0. The van der Waals surface area contributed by atoms with Crippen LogP contribution in [0.3, 0.4) is 0 Å². The van der Waals surface area contributed by atoms with Crippen molar-refractivity contribution in [1.82, 2.24) is 19.4 Å². The van der Waals surface area contributed by atoms with Gasteiger partial charge in [-0.15, -0.1) is 0 Å². The zero-order valence-electron chi connectivity index (χ0n) is 15.6. The van der Waals surface area contributed by atoms with Crippen LogP contribution >= 0.6 is 0 Å². The van der Waals surface area contributed by atoms with E-state index in [2.05, 4.69) is 4.98 Å². The smallest absolute Gasteiger partial charge is 0.289 e. The molecule has 2 saturated heterocycles. The largest absolute Gasteiger partial charge is 0.459 e. The summed E-state index contributed by atoms with van der Waals surface area (Å²) in [5, 5.41) is 0. The minimum atomic E-state index is -0.635. The minimum absolute atomic E-state index is 0.0879. The number of carbonyl (C=O) groups excluding carboxylic acids is 2. The number of hydrogen-bond acceptors (Lipinski definition) is 5. The molecule has 0 radical (unpaired) electrons. The molecule has 2 atom stereocenters. The van der Waals surface area contributed by atoms with Crippen molar-refractivity contribution in [3.05, 3.63) is 42.4 Å². The van der Waals surface area contributed by atoms with E-state index >= 15 is 0 Å². The zero-order chi connectivity index (χ0) is 19.0. The number of hydrogen-bond donors (Lipinski definition) is 0. The van der Waals surface area contributed by atoms with Gasteiger partial charge in [0.05, 0.1) is 30.3 Å². The minimum Gasteiger partial charge on any atom is -0.459 e. The monoisotopic (exact) mass is 372 g/mol. The Morgan fingerprint density at radius 3 is 3.00 bits per heavy atom. The van der Waals surface area contributed by atoms with E-state index in [-0.39, 0.29) is 17.7 Å². The molecule has 2 unspecified atom stereocenters. The van der Waals surface area contributed by atoms with Crippen molar-refractivity contribution in [3.63, 3.8) is 0 Å². The maximum atomic E-state index is 13.4. The molecule has 27 heavy (non-hydrogen) atoms. The number of aryl methyl sites for hydroxylation is 1. The Morgan fingerprint density at radius 1 is 1.48 bits per heavy atom. The molecule has 0 bridgehead atoms. The lowest BCUT2D eigenvalue weighted by Crippen LogP contribution is -2.41. The number of rotatable bonds is 5. The van der Waals surface area contributed by atoms with Crippen molar-refractivity contribution in [1.29, 1.82) is 0 Å². The van der Waals surface area contributed by atoms with Gasteiger partial charge in [0, 0.05) is 52.5 Å². The number of likely N-dealkylation sites (tertiary alicyclic amines) is 2. The third-order valence-electron chi connectivity index (χ3n) is 5.75. The summed E-state index contributed by atoms with van der Waals surface area (Å²) in [6.07, 6.45) is 5.88. The summed E-state index contributed by atoms with van der Waals surface area (Å²) in [5.74, 6) is 0.0806. The van der Waals surface area contributed by atoms with Gasteiger partial charge in [-0.3, -0.25) is 9.59 Å². The third kappa shape index (κ3) is 2.93. The van der Waals surface area contributed by atoms with Gasteiger partial charge in [0.25, 0.3) is 5.91 Å². The lowest BCUT2D eigenvalue weighted by atomic mass is 9.75. The van der Waals surface area contributed by atoms with Gasteiger partial charge < -0.3 is 23.5 Å². The van der Waals surface area contributed by atoms with Crippen LogP contribution in [0.4, 0.5) is 0 Å². The number of imidazole rings is 1. The summed E-state index contributed by atoms with van der Waals surface area (Å²) in [4.78, 5) is 34.3. The van der Waals surface area contributed by atoms with Crippen molar-refractivity contribution in [2.45, 2.75) is 12.3 Å². The number of carbonyl (C=O) groups is 2. The molecule has 2 aliphatic rings. The number of aromatic nitrogens is 2. The fourth-order valence-electron chi connectivity index (χ4n) is 4.35. The standard InChI is InChI=1S/C19H24N4O4/c1-21-11-15(20-13-21)14-10-23(17(24)16-4-3-8-27-16)12-19(14)5-6-22(18(19)25)7-9-26-2/h3-4,8,11,13-14H,5-7,9-10,12H2,1-2H3. The lowest BCUT2D eigenvalue weighted by Gasteiger charge is -2.27. The Morgan fingerprint density at radius 2 is 2.33 bits per heavy atom. The van der Waals surface area contributed by atoms with Crippen LogP contribution in [0.2, 0.25) is 0 Å². The van der Waals surface area contributed by atoms with Gasteiger partial charge >= 0.3 is 0 Å². The topological polar surface area (TPSA) is 80.8 Å². The normalized spacial score (nSPS) is 25.1. The Balaban J connectivity index is 1.65. The van der Waals surface area contributed by atoms with E-state index in [1.165, 1.54) is 6.26 Å². The molecule has 2 amide bonds. The molecule has 8 heteroatoms. The first-order valence-electron chi connectivity index (χ1n) is 9.14. The summed E-state index contributed by atoms with van der Waals surface area (Å²) < 4.78 is 12.3. The van der Waals surface area contributed by atoms with E-state index < -0.39 is 5.41 Å². The van der Waals surface area contributed by atoms with Crippen LogP contribution in [0.25, 0.3) is 0 Å². The van der Waals surface area contributed by atoms with Crippen molar-refractivity contribution in [3.8, 4) is 0 Å². The number of furan rings is 1. The summed E-state index contributed by atoms with van der Waals surface area (Å²) in [6, 6.07) is 3.35. The highest BCUT2D eigenvalue weighted by Gasteiger charge is 2.58. The highest BCUT2D eigenvalue weighted by molar-refractivity contribution is 5.94. The third-order valence-corrected chi connectivity index (χ3v) is 5.75. The molecule has 2 aliphatic heterocycles. The SMILES string of the molecule is COCCN1CCC2(CN(C(=O)c3ccco3)CC2c2cn(C)cn2)C1=O. The molecular formula is C19H24N4O4. The molecule has 1 spiro atoms. The van der Waals surface area contributed by atoms with Gasteiger partial charge in [0.15, 0.2) is 5.76 Å². The molecule has 4 heterocycles. The van der Waals surface area contributed by atoms with Crippen molar-refractivity contribution >= 4 is 11.8 Å². The molecule has 0 aromatic carbocycles. The van der Waals surface area contributed by atoms with Crippen molar-refractivity contribution in [2.75, 3.05) is 39.9 Å². The molecule has 2 aromatic rings. The molecule has 4 rings (SSSR count). The van der Waals surface area contributed by atoms with Gasteiger partial charge in [-0.1, -0.05) is 0 Å². The molecule has 0 saturated carbocycles. The van der Waals surface area contributed by atoms with E-state index in [0.717, 1.165) is 5.69 Å². The first-order chi connectivity index (χ1) is 13.0. The average molecular weight is 372 g/mol. The van der Waals surface area contributed by atoms with Crippen LogP contribution in [0.5, 0.6) is 0 Å². The van der Waals surface area contributed by atoms with Crippen LogP contribution in [-0.2, 0) is 16.6 Å². The molecule has 2 fully saturated rings.